The van der Waals surface area contributed by atoms with Gasteiger partial charge in [0.05, 0.1) is 29.8 Å². The Balaban J connectivity index is 1.70. The Labute approximate surface area is 180 Å². The second-order valence-electron chi connectivity index (χ2n) is 7.83. The highest BCUT2D eigenvalue weighted by atomic mass is 19.4. The van der Waals surface area contributed by atoms with Crippen molar-refractivity contribution < 1.29 is 36.6 Å². The predicted molar refractivity (Wildman–Crippen MR) is 105 cm³/mol. The molecule has 0 saturated carbocycles. The average Bonchev–Trinajstić information content (AvgIpc) is 3.02. The molecule has 2 aromatic rings. The molecule has 0 bridgehead atoms. The van der Waals surface area contributed by atoms with Crippen molar-refractivity contribution in [3.05, 3.63) is 70.8 Å². The minimum Gasteiger partial charge on any atom is -0.478 e. The van der Waals surface area contributed by atoms with E-state index in [0.29, 0.717) is 11.1 Å². The van der Waals surface area contributed by atoms with Gasteiger partial charge in [-0.25, -0.2) is 13.6 Å². The summed E-state index contributed by atoms with van der Waals surface area (Å²) in [5.41, 5.74) is 0.212. The fourth-order valence-electron chi connectivity index (χ4n) is 3.65. The summed E-state index contributed by atoms with van der Waals surface area (Å²) in [6.45, 7) is 0.849. The van der Waals surface area contributed by atoms with Gasteiger partial charge in [0.15, 0.2) is 0 Å². The number of likely N-dealkylation sites (tertiary alicyclic amines) is 1. The number of benzene rings is 2. The summed E-state index contributed by atoms with van der Waals surface area (Å²) < 4.78 is 66.3. The minimum atomic E-state index is -4.50. The van der Waals surface area contributed by atoms with Crippen LogP contribution in [0.2, 0.25) is 0 Å². The maximum absolute atomic E-state index is 14.1. The fraction of sp³-hybridized carbons (Fsp3) is 0.364. The van der Waals surface area contributed by atoms with E-state index in [1.165, 1.54) is 41.3 Å². The highest BCUT2D eigenvalue weighted by molar-refractivity contribution is 5.87. The van der Waals surface area contributed by atoms with Gasteiger partial charge in [0.1, 0.15) is 0 Å². The highest BCUT2D eigenvalue weighted by Gasteiger charge is 2.48. The molecular formula is C22H21F5N2O3. The third kappa shape index (κ3) is 5.61. The van der Waals surface area contributed by atoms with E-state index in [2.05, 4.69) is 5.32 Å². The zero-order chi connectivity index (χ0) is 23.7. The summed E-state index contributed by atoms with van der Waals surface area (Å²) in [7, 11) is 0. The number of carboxylic acids is 1. The second kappa shape index (κ2) is 8.85. The molecule has 2 atom stereocenters. The van der Waals surface area contributed by atoms with Crippen LogP contribution in [0.1, 0.15) is 46.4 Å². The van der Waals surface area contributed by atoms with Gasteiger partial charge >= 0.3 is 12.1 Å². The molecule has 0 radical (unpaired) electrons. The molecular weight excluding hydrogens is 435 g/mol. The number of hydrogen-bond donors (Lipinski definition) is 2. The maximum Gasteiger partial charge on any atom is 0.416 e. The van der Waals surface area contributed by atoms with E-state index >= 15 is 0 Å². The molecule has 0 aromatic heterocycles. The van der Waals surface area contributed by atoms with Crippen LogP contribution in [-0.2, 0) is 17.5 Å². The molecule has 1 aliphatic heterocycles. The lowest BCUT2D eigenvalue weighted by atomic mass is 10.0. The quantitative estimate of drug-likeness (QED) is 0.629. The van der Waals surface area contributed by atoms with Gasteiger partial charge in [0, 0.05) is 13.0 Å². The van der Waals surface area contributed by atoms with E-state index in [-0.39, 0.29) is 12.1 Å². The van der Waals surface area contributed by atoms with Crippen LogP contribution in [0, 0.1) is 0 Å². The number of carboxylic acid groups (broad SMARTS) is 1. The van der Waals surface area contributed by atoms with Gasteiger partial charge in [-0.05, 0) is 42.3 Å². The van der Waals surface area contributed by atoms with Gasteiger partial charge in [0.25, 0.3) is 5.92 Å². The zero-order valence-electron chi connectivity index (χ0n) is 17.0. The topological polar surface area (TPSA) is 69.6 Å². The third-order valence-corrected chi connectivity index (χ3v) is 5.35. The van der Waals surface area contributed by atoms with Crippen molar-refractivity contribution in [3.8, 4) is 0 Å². The first-order valence-electron chi connectivity index (χ1n) is 9.77. The minimum absolute atomic E-state index is 0.0745. The van der Waals surface area contributed by atoms with Crippen LogP contribution >= 0.6 is 0 Å². The normalized spacial score (nSPS) is 19.5. The number of aromatic carboxylic acids is 1. The van der Waals surface area contributed by atoms with Crippen molar-refractivity contribution in [2.45, 2.75) is 44.1 Å². The van der Waals surface area contributed by atoms with Crippen molar-refractivity contribution in [3.63, 3.8) is 0 Å². The largest absolute Gasteiger partial charge is 0.478 e. The summed E-state index contributed by atoms with van der Waals surface area (Å²) in [6, 6.07) is 8.25. The molecule has 3 rings (SSSR count). The number of amides is 1. The van der Waals surface area contributed by atoms with E-state index < -0.39 is 54.6 Å². The van der Waals surface area contributed by atoms with Crippen molar-refractivity contribution in [2.24, 2.45) is 0 Å². The van der Waals surface area contributed by atoms with Crippen LogP contribution < -0.4 is 5.32 Å². The van der Waals surface area contributed by atoms with Crippen LogP contribution in [0.4, 0.5) is 22.0 Å². The first-order valence-corrected chi connectivity index (χ1v) is 9.77. The molecule has 1 amide bonds. The molecule has 1 aliphatic rings. The van der Waals surface area contributed by atoms with Gasteiger partial charge in [-0.3, -0.25) is 9.69 Å². The Morgan fingerprint density at radius 2 is 1.72 bits per heavy atom. The maximum atomic E-state index is 14.1. The fourth-order valence-corrected chi connectivity index (χ4v) is 3.65. The Hall–Kier alpha value is -3.01. The number of carbonyl (C=O) groups is 2. The van der Waals surface area contributed by atoms with Crippen LogP contribution in [0.15, 0.2) is 48.5 Å². The number of nitrogens with one attached hydrogen (secondary N) is 1. The number of carbonyl (C=O) groups excluding carboxylic acids is 1. The van der Waals surface area contributed by atoms with E-state index in [1.54, 1.807) is 6.92 Å². The van der Waals surface area contributed by atoms with E-state index in [1.807, 2.05) is 0 Å². The molecule has 1 fully saturated rings. The van der Waals surface area contributed by atoms with Crippen molar-refractivity contribution in [1.29, 1.82) is 0 Å². The lowest BCUT2D eigenvalue weighted by molar-refractivity contribution is -0.137. The number of rotatable bonds is 6. The summed E-state index contributed by atoms with van der Waals surface area (Å²) >= 11 is 0. The van der Waals surface area contributed by atoms with Crippen LogP contribution in [0.3, 0.4) is 0 Å². The van der Waals surface area contributed by atoms with E-state index in [4.69, 9.17) is 5.11 Å². The Morgan fingerprint density at radius 3 is 2.25 bits per heavy atom. The molecule has 2 aromatic carbocycles. The number of alkyl halides is 5. The molecule has 10 heteroatoms. The average molecular weight is 456 g/mol. The predicted octanol–water partition coefficient (Wildman–Crippen LogP) is 4.49. The lowest BCUT2D eigenvalue weighted by Gasteiger charge is -2.25. The summed E-state index contributed by atoms with van der Waals surface area (Å²) in [5, 5.41) is 11.6. The van der Waals surface area contributed by atoms with Gasteiger partial charge in [-0.2, -0.15) is 13.2 Å². The van der Waals surface area contributed by atoms with Crippen molar-refractivity contribution >= 4 is 11.9 Å². The van der Waals surface area contributed by atoms with E-state index in [0.717, 1.165) is 12.1 Å². The monoisotopic (exact) mass is 456 g/mol. The number of halogens is 5. The van der Waals surface area contributed by atoms with Crippen LogP contribution in [0.5, 0.6) is 0 Å². The first-order chi connectivity index (χ1) is 14.9. The molecule has 1 saturated heterocycles. The standard InChI is InChI=1S/C22H21F5N2O3/c1-13(15-4-6-16(7-5-15)20(31)32)28-19(30)18-10-21(23,24)12-29(18)11-14-2-8-17(9-3-14)22(25,26)27/h2-9,13,18H,10-12H2,1H3,(H,28,30)(H,31,32)/t13?,18-/m0/s1. The summed E-state index contributed by atoms with van der Waals surface area (Å²) in [5.74, 6) is -4.84. The molecule has 32 heavy (non-hydrogen) atoms. The number of hydrogen-bond acceptors (Lipinski definition) is 3. The summed E-state index contributed by atoms with van der Waals surface area (Å²) in [4.78, 5) is 24.9. The third-order valence-electron chi connectivity index (χ3n) is 5.35. The zero-order valence-corrected chi connectivity index (χ0v) is 17.0. The Morgan fingerprint density at radius 1 is 1.12 bits per heavy atom. The van der Waals surface area contributed by atoms with Crippen LogP contribution in [0.25, 0.3) is 0 Å². The van der Waals surface area contributed by atoms with Gasteiger partial charge < -0.3 is 10.4 Å². The molecule has 0 spiro atoms. The number of nitrogens with zero attached hydrogens (tertiary/aromatic N) is 1. The molecule has 2 N–H and O–H groups in total. The first kappa shape index (κ1) is 23.6. The Kier molecular flexibility index (Phi) is 6.54. The molecule has 0 aliphatic carbocycles. The van der Waals surface area contributed by atoms with E-state index in [9.17, 15) is 31.5 Å². The van der Waals surface area contributed by atoms with Gasteiger partial charge in [-0.1, -0.05) is 24.3 Å². The molecule has 1 unspecified atom stereocenters. The van der Waals surface area contributed by atoms with Gasteiger partial charge in [0.2, 0.25) is 5.91 Å². The molecule has 5 nitrogen and oxygen atoms in total. The summed E-state index contributed by atoms with van der Waals surface area (Å²) in [6.07, 6.45) is -5.20. The van der Waals surface area contributed by atoms with Crippen molar-refractivity contribution in [1.82, 2.24) is 10.2 Å². The lowest BCUT2D eigenvalue weighted by Crippen LogP contribution is -2.43. The Bertz CT molecular complexity index is 975. The smallest absolute Gasteiger partial charge is 0.416 e. The molecule has 172 valence electrons. The molecule has 1 heterocycles. The SMILES string of the molecule is CC(NC(=O)[C@@H]1CC(F)(F)CN1Cc1ccc(C(F)(F)F)cc1)c1ccc(C(=O)O)cc1. The van der Waals surface area contributed by atoms with Gasteiger partial charge in [-0.15, -0.1) is 0 Å². The second-order valence-corrected chi connectivity index (χ2v) is 7.83. The van der Waals surface area contributed by atoms with Crippen LogP contribution in [-0.4, -0.2) is 40.4 Å². The van der Waals surface area contributed by atoms with Crippen molar-refractivity contribution in [2.75, 3.05) is 6.54 Å². The highest BCUT2D eigenvalue weighted by Crippen LogP contribution is 2.34.